The highest BCUT2D eigenvalue weighted by molar-refractivity contribution is 6.11. The number of nitrogens with zero attached hydrogens (tertiary/aromatic N) is 2. The highest BCUT2D eigenvalue weighted by Gasteiger charge is 2.29. The molecule has 3 rings (SSSR count). The molecule has 0 aliphatic heterocycles. The molecule has 1 heterocycles. The summed E-state index contributed by atoms with van der Waals surface area (Å²) in [4.78, 5) is 25.8. The molecule has 1 N–H and O–H groups in total. The van der Waals surface area contributed by atoms with Crippen molar-refractivity contribution in [1.82, 2.24) is 4.57 Å². The lowest BCUT2D eigenvalue weighted by Crippen LogP contribution is -2.29. The molecule has 0 bridgehead atoms. The normalized spacial score (nSPS) is 14.2. The minimum atomic E-state index is -0.531. The van der Waals surface area contributed by atoms with E-state index in [2.05, 4.69) is 0 Å². The van der Waals surface area contributed by atoms with Gasteiger partial charge in [-0.2, -0.15) is 5.26 Å². The van der Waals surface area contributed by atoms with E-state index in [1.165, 1.54) is 18.6 Å². The van der Waals surface area contributed by atoms with E-state index < -0.39 is 11.3 Å². The molecule has 134 valence electrons. The number of ether oxygens (including phenoxy) is 1. The molecule has 0 amide bonds. The zero-order chi connectivity index (χ0) is 18.8. The number of rotatable bonds is 4. The zero-order valence-electron chi connectivity index (χ0n) is 14.8. The average molecular weight is 352 g/mol. The second-order valence-electron chi connectivity index (χ2n) is 6.48. The smallest absolute Gasteiger partial charge is 0.271 e. The van der Waals surface area contributed by atoms with Crippen molar-refractivity contribution < 1.29 is 14.6 Å². The second-order valence-corrected chi connectivity index (χ2v) is 6.48. The number of aromatic nitrogens is 1. The third kappa shape index (κ3) is 2.86. The molecule has 0 saturated heterocycles. The van der Waals surface area contributed by atoms with Crippen LogP contribution in [0.5, 0.6) is 11.6 Å². The maximum absolute atomic E-state index is 13.1. The summed E-state index contributed by atoms with van der Waals surface area (Å²) >= 11 is 0. The molecule has 0 spiro atoms. The monoisotopic (exact) mass is 352 g/mol. The van der Waals surface area contributed by atoms with Gasteiger partial charge in [-0.1, -0.05) is 25.0 Å². The molecule has 1 aliphatic carbocycles. The molecule has 0 atom stereocenters. The first-order valence-electron chi connectivity index (χ1n) is 8.56. The first-order chi connectivity index (χ1) is 12.5. The Balaban J connectivity index is 2.23. The molecule has 1 saturated carbocycles. The fourth-order valence-electron chi connectivity index (χ4n) is 3.60. The predicted octanol–water partition coefficient (Wildman–Crippen LogP) is 3.09. The Bertz CT molecular complexity index is 963. The highest BCUT2D eigenvalue weighted by Crippen LogP contribution is 2.34. The molecule has 1 fully saturated rings. The Labute approximate surface area is 151 Å². The van der Waals surface area contributed by atoms with Gasteiger partial charge >= 0.3 is 0 Å². The van der Waals surface area contributed by atoms with Crippen molar-refractivity contribution in [2.24, 2.45) is 0 Å². The molecule has 26 heavy (non-hydrogen) atoms. The van der Waals surface area contributed by atoms with Gasteiger partial charge in [-0.3, -0.25) is 14.2 Å². The summed E-state index contributed by atoms with van der Waals surface area (Å²) in [7, 11) is 1.50. The predicted molar refractivity (Wildman–Crippen MR) is 95.8 cm³/mol. The Morgan fingerprint density at radius 1 is 1.35 bits per heavy atom. The van der Waals surface area contributed by atoms with Gasteiger partial charge in [-0.05, 0) is 37.5 Å². The standard InChI is InChI=1S/C20H20N2O4/c1-12-16(11-21)19(24)22(14-7-3-4-8-14)20(25)17(12)18(23)13-6-5-9-15(10-13)26-2/h5-6,9-10,14,25H,3-4,7-8H2,1-2H3. The van der Waals surface area contributed by atoms with Crippen LogP contribution in [0.3, 0.4) is 0 Å². The van der Waals surface area contributed by atoms with Crippen LogP contribution in [-0.2, 0) is 0 Å². The number of nitriles is 1. The van der Waals surface area contributed by atoms with Gasteiger partial charge in [0.05, 0.1) is 12.7 Å². The molecule has 1 aromatic heterocycles. The zero-order valence-corrected chi connectivity index (χ0v) is 14.8. The van der Waals surface area contributed by atoms with Crippen molar-refractivity contribution in [2.45, 2.75) is 38.6 Å². The van der Waals surface area contributed by atoms with Gasteiger partial charge in [0.15, 0.2) is 5.78 Å². The van der Waals surface area contributed by atoms with Crippen LogP contribution in [-0.4, -0.2) is 22.6 Å². The van der Waals surface area contributed by atoms with Crippen LogP contribution in [0.15, 0.2) is 29.1 Å². The maximum atomic E-state index is 13.1. The van der Waals surface area contributed by atoms with E-state index in [0.717, 1.165) is 25.7 Å². The van der Waals surface area contributed by atoms with Gasteiger partial charge in [0.1, 0.15) is 17.4 Å². The van der Waals surface area contributed by atoms with Crippen molar-refractivity contribution in [3.05, 3.63) is 56.9 Å². The van der Waals surface area contributed by atoms with E-state index in [0.29, 0.717) is 11.3 Å². The topological polar surface area (TPSA) is 92.3 Å². The molecule has 1 aliphatic rings. The van der Waals surface area contributed by atoms with E-state index in [9.17, 15) is 20.0 Å². The molecule has 6 heteroatoms. The van der Waals surface area contributed by atoms with Crippen LogP contribution in [0, 0.1) is 18.3 Å². The van der Waals surface area contributed by atoms with Gasteiger partial charge in [0.2, 0.25) is 5.88 Å². The third-order valence-electron chi connectivity index (χ3n) is 5.00. The number of pyridine rings is 1. The fraction of sp³-hybridized carbons (Fsp3) is 0.350. The highest BCUT2D eigenvalue weighted by atomic mass is 16.5. The molecule has 0 unspecified atom stereocenters. The van der Waals surface area contributed by atoms with Crippen molar-refractivity contribution in [1.29, 1.82) is 5.26 Å². The van der Waals surface area contributed by atoms with Crippen LogP contribution in [0.1, 0.15) is 58.8 Å². The Morgan fingerprint density at radius 2 is 2.04 bits per heavy atom. The van der Waals surface area contributed by atoms with Crippen molar-refractivity contribution in [3.63, 3.8) is 0 Å². The lowest BCUT2D eigenvalue weighted by Gasteiger charge is -2.20. The van der Waals surface area contributed by atoms with E-state index in [1.54, 1.807) is 24.3 Å². The van der Waals surface area contributed by atoms with E-state index in [4.69, 9.17) is 4.74 Å². The van der Waals surface area contributed by atoms with Crippen LogP contribution in [0.4, 0.5) is 0 Å². The molecular formula is C20H20N2O4. The van der Waals surface area contributed by atoms with Crippen molar-refractivity contribution >= 4 is 5.78 Å². The lowest BCUT2D eigenvalue weighted by molar-refractivity contribution is 0.103. The number of benzene rings is 1. The maximum Gasteiger partial charge on any atom is 0.271 e. The molecule has 1 aromatic carbocycles. The van der Waals surface area contributed by atoms with Crippen LogP contribution >= 0.6 is 0 Å². The van der Waals surface area contributed by atoms with E-state index in [-0.39, 0.29) is 28.6 Å². The summed E-state index contributed by atoms with van der Waals surface area (Å²) in [6, 6.07) is 8.28. The minimum absolute atomic E-state index is 0.00121. The molecular weight excluding hydrogens is 332 g/mol. The van der Waals surface area contributed by atoms with E-state index >= 15 is 0 Å². The van der Waals surface area contributed by atoms with Gasteiger partial charge < -0.3 is 9.84 Å². The average Bonchev–Trinajstić information content (AvgIpc) is 3.16. The Kier molecular flexibility index (Phi) is 4.81. The van der Waals surface area contributed by atoms with Gasteiger partial charge in [0, 0.05) is 11.6 Å². The Morgan fingerprint density at radius 3 is 2.65 bits per heavy atom. The number of hydrogen-bond acceptors (Lipinski definition) is 5. The summed E-state index contributed by atoms with van der Waals surface area (Å²) in [6.45, 7) is 1.52. The molecule has 6 nitrogen and oxygen atoms in total. The number of methoxy groups -OCH3 is 1. The summed E-state index contributed by atoms with van der Waals surface area (Å²) in [5, 5.41) is 20.2. The third-order valence-corrected chi connectivity index (χ3v) is 5.00. The fourth-order valence-corrected chi connectivity index (χ4v) is 3.60. The minimum Gasteiger partial charge on any atom is -0.497 e. The van der Waals surface area contributed by atoms with E-state index in [1.807, 2.05) is 6.07 Å². The van der Waals surface area contributed by atoms with Gasteiger partial charge in [-0.25, -0.2) is 0 Å². The van der Waals surface area contributed by atoms with Gasteiger partial charge in [-0.15, -0.1) is 0 Å². The first kappa shape index (κ1) is 17.7. The van der Waals surface area contributed by atoms with Crippen LogP contribution in [0.25, 0.3) is 0 Å². The quantitative estimate of drug-likeness (QED) is 0.854. The molecule has 0 radical (unpaired) electrons. The Hall–Kier alpha value is -3.07. The second kappa shape index (κ2) is 7.04. The molecule has 2 aromatic rings. The summed E-state index contributed by atoms with van der Waals surface area (Å²) in [6.07, 6.45) is 3.39. The summed E-state index contributed by atoms with van der Waals surface area (Å²) < 4.78 is 6.38. The summed E-state index contributed by atoms with van der Waals surface area (Å²) in [5.41, 5.74) is -0.0980. The SMILES string of the molecule is COc1cccc(C(=O)c2c(C)c(C#N)c(=O)n(C3CCCC3)c2O)c1. The number of ketones is 1. The first-order valence-corrected chi connectivity index (χ1v) is 8.56. The largest absolute Gasteiger partial charge is 0.497 e. The summed E-state index contributed by atoms with van der Waals surface area (Å²) in [5.74, 6) is -0.286. The number of carbonyl (C=O) groups is 1. The number of aromatic hydroxyl groups is 1. The lowest BCUT2D eigenvalue weighted by atomic mass is 9.96. The van der Waals surface area contributed by atoms with Crippen molar-refractivity contribution in [2.75, 3.05) is 7.11 Å². The number of carbonyl (C=O) groups excluding carboxylic acids is 1. The van der Waals surface area contributed by atoms with Gasteiger partial charge in [0.25, 0.3) is 5.56 Å². The van der Waals surface area contributed by atoms with Crippen LogP contribution in [0.2, 0.25) is 0 Å². The number of hydrogen-bond donors (Lipinski definition) is 1. The van der Waals surface area contributed by atoms with Crippen molar-refractivity contribution in [3.8, 4) is 17.7 Å². The van der Waals surface area contributed by atoms with Crippen LogP contribution < -0.4 is 10.3 Å².